The van der Waals surface area contributed by atoms with Crippen LogP contribution in [0, 0.1) is 0 Å². The van der Waals surface area contributed by atoms with E-state index in [-0.39, 0.29) is 0 Å². The smallest absolute Gasteiger partial charge is 0.203 e. The predicted octanol–water partition coefficient (Wildman–Crippen LogP) is 3.62. The fourth-order valence-electron chi connectivity index (χ4n) is 2.17. The second-order valence-corrected chi connectivity index (χ2v) is 3.94. The molecule has 0 fully saturated rings. The zero-order valence-corrected chi connectivity index (χ0v) is 11.4. The van der Waals surface area contributed by atoms with Crippen molar-refractivity contribution in [2.45, 2.75) is 32.6 Å². The molecule has 0 radical (unpaired) electrons. The predicted molar refractivity (Wildman–Crippen MR) is 69.4 cm³/mol. The first kappa shape index (κ1) is 13.7. The summed E-state index contributed by atoms with van der Waals surface area (Å²) < 4.78 is 16.2. The van der Waals surface area contributed by atoms with Gasteiger partial charge in [-0.1, -0.05) is 19.9 Å². The molecule has 0 heterocycles. The van der Waals surface area contributed by atoms with E-state index in [1.807, 2.05) is 6.07 Å². The minimum absolute atomic E-state index is 0.491. The summed E-state index contributed by atoms with van der Waals surface area (Å²) in [5.41, 5.74) is 1.19. The van der Waals surface area contributed by atoms with Gasteiger partial charge >= 0.3 is 0 Å². The molecule has 0 aromatic heterocycles. The Labute approximate surface area is 104 Å². The maximum Gasteiger partial charge on any atom is 0.203 e. The van der Waals surface area contributed by atoms with Gasteiger partial charge in [0.1, 0.15) is 0 Å². The first-order valence-electron chi connectivity index (χ1n) is 6.02. The number of benzene rings is 1. The van der Waals surface area contributed by atoms with Gasteiger partial charge in [-0.25, -0.2) is 0 Å². The van der Waals surface area contributed by atoms with Crippen LogP contribution in [0.3, 0.4) is 0 Å². The SMILES string of the molecule is CCC(CC)c1ccc(OC)c(OC)c1OC. The molecule has 0 amide bonds. The van der Waals surface area contributed by atoms with Crippen LogP contribution < -0.4 is 14.2 Å². The average molecular weight is 238 g/mol. The molecule has 0 saturated heterocycles. The third kappa shape index (κ3) is 2.65. The number of methoxy groups -OCH3 is 3. The lowest BCUT2D eigenvalue weighted by Crippen LogP contribution is -2.02. The van der Waals surface area contributed by atoms with E-state index in [4.69, 9.17) is 14.2 Å². The fraction of sp³-hybridized carbons (Fsp3) is 0.571. The summed E-state index contributed by atoms with van der Waals surface area (Å²) in [6, 6.07) is 4.01. The maximum atomic E-state index is 5.49. The lowest BCUT2D eigenvalue weighted by molar-refractivity contribution is 0.320. The highest BCUT2D eigenvalue weighted by atomic mass is 16.5. The van der Waals surface area contributed by atoms with Crippen LogP contribution >= 0.6 is 0 Å². The van der Waals surface area contributed by atoms with Crippen molar-refractivity contribution in [1.82, 2.24) is 0 Å². The first-order valence-corrected chi connectivity index (χ1v) is 6.02. The minimum atomic E-state index is 0.491. The molecule has 1 rings (SSSR count). The molecule has 0 saturated carbocycles. The van der Waals surface area contributed by atoms with E-state index in [0.717, 1.165) is 18.6 Å². The molecule has 3 heteroatoms. The van der Waals surface area contributed by atoms with E-state index < -0.39 is 0 Å². The largest absolute Gasteiger partial charge is 0.493 e. The third-order valence-electron chi connectivity index (χ3n) is 3.16. The Morgan fingerprint density at radius 1 is 0.882 bits per heavy atom. The zero-order valence-electron chi connectivity index (χ0n) is 11.4. The first-order chi connectivity index (χ1) is 8.23. The molecule has 0 aliphatic carbocycles. The lowest BCUT2D eigenvalue weighted by Gasteiger charge is -2.20. The Kier molecular flexibility index (Phi) is 5.13. The van der Waals surface area contributed by atoms with E-state index in [2.05, 4.69) is 19.9 Å². The van der Waals surface area contributed by atoms with Crippen molar-refractivity contribution in [1.29, 1.82) is 0 Å². The van der Waals surface area contributed by atoms with Gasteiger partial charge in [-0.05, 0) is 24.8 Å². The normalized spacial score (nSPS) is 10.5. The minimum Gasteiger partial charge on any atom is -0.493 e. The number of ether oxygens (including phenoxy) is 3. The van der Waals surface area contributed by atoms with Crippen molar-refractivity contribution in [3.8, 4) is 17.2 Å². The molecule has 3 nitrogen and oxygen atoms in total. The molecule has 0 atom stereocenters. The van der Waals surface area contributed by atoms with Gasteiger partial charge in [0.2, 0.25) is 5.75 Å². The standard InChI is InChI=1S/C14H22O3/c1-6-10(7-2)11-8-9-12(15-3)14(17-5)13(11)16-4/h8-10H,6-7H2,1-5H3. The molecule has 0 spiro atoms. The summed E-state index contributed by atoms with van der Waals surface area (Å²) in [7, 11) is 4.94. The van der Waals surface area contributed by atoms with Crippen LogP contribution in [-0.2, 0) is 0 Å². The van der Waals surface area contributed by atoms with Crippen molar-refractivity contribution < 1.29 is 14.2 Å². The van der Waals surface area contributed by atoms with Crippen molar-refractivity contribution >= 4 is 0 Å². The monoisotopic (exact) mass is 238 g/mol. The van der Waals surface area contributed by atoms with Gasteiger partial charge in [-0.2, -0.15) is 0 Å². The summed E-state index contributed by atoms with van der Waals surface area (Å²) in [6.45, 7) is 4.37. The van der Waals surface area contributed by atoms with Gasteiger partial charge in [-0.15, -0.1) is 0 Å². The van der Waals surface area contributed by atoms with Crippen LogP contribution in [0.4, 0.5) is 0 Å². The highest BCUT2D eigenvalue weighted by Gasteiger charge is 2.19. The van der Waals surface area contributed by atoms with E-state index in [1.165, 1.54) is 5.56 Å². The van der Waals surface area contributed by atoms with E-state index >= 15 is 0 Å². The summed E-state index contributed by atoms with van der Waals surface area (Å²) in [5, 5.41) is 0. The second-order valence-electron chi connectivity index (χ2n) is 3.94. The summed E-state index contributed by atoms with van der Waals surface area (Å²) in [4.78, 5) is 0. The van der Waals surface area contributed by atoms with E-state index in [1.54, 1.807) is 21.3 Å². The lowest BCUT2D eigenvalue weighted by atomic mass is 9.92. The van der Waals surface area contributed by atoms with Gasteiger partial charge in [0, 0.05) is 5.56 Å². The van der Waals surface area contributed by atoms with Crippen LogP contribution in [0.2, 0.25) is 0 Å². The zero-order chi connectivity index (χ0) is 12.8. The second kappa shape index (κ2) is 6.38. The Bertz CT molecular complexity index is 357. The summed E-state index contributed by atoms with van der Waals surface area (Å²) in [6.07, 6.45) is 2.17. The molecule has 96 valence electrons. The van der Waals surface area contributed by atoms with E-state index in [0.29, 0.717) is 17.4 Å². The average Bonchev–Trinajstić information content (AvgIpc) is 2.39. The van der Waals surface area contributed by atoms with Gasteiger partial charge in [0.15, 0.2) is 11.5 Å². The molecule has 1 aromatic carbocycles. The Morgan fingerprint density at radius 2 is 1.47 bits per heavy atom. The van der Waals surface area contributed by atoms with E-state index in [9.17, 15) is 0 Å². The van der Waals surface area contributed by atoms with Crippen LogP contribution in [0.5, 0.6) is 17.2 Å². The van der Waals surface area contributed by atoms with Crippen LogP contribution in [-0.4, -0.2) is 21.3 Å². The summed E-state index contributed by atoms with van der Waals surface area (Å²) in [5.74, 6) is 2.67. The molecule has 0 aliphatic heterocycles. The molecule has 0 N–H and O–H groups in total. The topological polar surface area (TPSA) is 27.7 Å². The van der Waals surface area contributed by atoms with Crippen LogP contribution in [0.1, 0.15) is 38.2 Å². The highest BCUT2D eigenvalue weighted by molar-refractivity contribution is 5.56. The van der Waals surface area contributed by atoms with Gasteiger partial charge < -0.3 is 14.2 Å². The molecule has 0 aliphatic rings. The number of hydrogen-bond acceptors (Lipinski definition) is 3. The highest BCUT2D eigenvalue weighted by Crippen LogP contribution is 2.43. The van der Waals surface area contributed by atoms with Gasteiger partial charge in [0.25, 0.3) is 0 Å². The fourth-order valence-corrected chi connectivity index (χ4v) is 2.17. The quantitative estimate of drug-likeness (QED) is 0.757. The number of hydrogen-bond donors (Lipinski definition) is 0. The van der Waals surface area contributed by atoms with Crippen molar-refractivity contribution in [3.63, 3.8) is 0 Å². The van der Waals surface area contributed by atoms with Crippen LogP contribution in [0.15, 0.2) is 12.1 Å². The van der Waals surface area contributed by atoms with Crippen LogP contribution in [0.25, 0.3) is 0 Å². The molecule has 0 unspecified atom stereocenters. The molecule has 0 bridgehead atoms. The summed E-state index contributed by atoms with van der Waals surface area (Å²) >= 11 is 0. The Morgan fingerprint density at radius 3 is 1.88 bits per heavy atom. The Balaban J connectivity index is 3.31. The maximum absolute atomic E-state index is 5.49. The Hall–Kier alpha value is -1.38. The van der Waals surface area contributed by atoms with Gasteiger partial charge in [-0.3, -0.25) is 0 Å². The van der Waals surface area contributed by atoms with Crippen molar-refractivity contribution in [3.05, 3.63) is 17.7 Å². The van der Waals surface area contributed by atoms with Crippen molar-refractivity contribution in [2.24, 2.45) is 0 Å². The third-order valence-corrected chi connectivity index (χ3v) is 3.16. The molecule has 1 aromatic rings. The van der Waals surface area contributed by atoms with Gasteiger partial charge in [0.05, 0.1) is 21.3 Å². The molecular weight excluding hydrogens is 216 g/mol. The molecular formula is C14H22O3. The molecule has 17 heavy (non-hydrogen) atoms. The number of rotatable bonds is 6. The van der Waals surface area contributed by atoms with Crippen molar-refractivity contribution in [2.75, 3.05) is 21.3 Å².